The number of aryl methyl sites for hydroxylation is 1. The molecule has 1 atom stereocenters. The number of H-pyrrole nitrogens is 1. The van der Waals surface area contributed by atoms with Gasteiger partial charge >= 0.3 is 0 Å². The minimum absolute atomic E-state index is 0.107. The van der Waals surface area contributed by atoms with Crippen LogP contribution < -0.4 is 0 Å². The van der Waals surface area contributed by atoms with Gasteiger partial charge in [0.2, 0.25) is 5.91 Å². The van der Waals surface area contributed by atoms with E-state index >= 15 is 0 Å². The molecule has 0 radical (unpaired) electrons. The molecule has 0 fully saturated rings. The highest BCUT2D eigenvalue weighted by atomic mass is 16.5. The number of amides is 1. The molecule has 2 rings (SSSR count). The van der Waals surface area contributed by atoms with E-state index in [9.17, 15) is 4.79 Å². The van der Waals surface area contributed by atoms with Gasteiger partial charge in [-0.3, -0.25) is 4.79 Å². The normalized spacial score (nSPS) is 12.6. The molecule has 0 aliphatic heterocycles. The van der Waals surface area contributed by atoms with Crippen molar-refractivity contribution in [2.75, 3.05) is 20.8 Å². The van der Waals surface area contributed by atoms with Crippen molar-refractivity contribution in [3.63, 3.8) is 0 Å². The van der Waals surface area contributed by atoms with Gasteiger partial charge in [0.15, 0.2) is 0 Å². The number of aromatic nitrogens is 1. The van der Waals surface area contributed by atoms with Gasteiger partial charge in [0, 0.05) is 37.7 Å². The predicted molar refractivity (Wildman–Crippen MR) is 80.7 cm³/mol. The van der Waals surface area contributed by atoms with E-state index in [4.69, 9.17) is 4.74 Å². The maximum absolute atomic E-state index is 12.2. The van der Waals surface area contributed by atoms with Crippen molar-refractivity contribution < 1.29 is 9.53 Å². The van der Waals surface area contributed by atoms with E-state index in [0.717, 1.165) is 11.9 Å². The van der Waals surface area contributed by atoms with Gasteiger partial charge in [-0.15, -0.1) is 0 Å². The Bertz CT molecular complexity index is 577. The van der Waals surface area contributed by atoms with E-state index in [1.54, 1.807) is 12.0 Å². The van der Waals surface area contributed by atoms with Crippen molar-refractivity contribution in [2.45, 2.75) is 25.8 Å². The standard InChI is InChI=1S/C16H22N2O2/c1-12(11-20-3)18(2)16(19)9-8-13-10-17-15-7-5-4-6-14(13)15/h4-7,10,12,17H,8-9,11H2,1-3H3. The second-order valence-corrected chi connectivity index (χ2v) is 5.17. The molecule has 4 heteroatoms. The number of rotatable bonds is 6. The second kappa shape index (κ2) is 6.57. The number of likely N-dealkylation sites (N-methyl/N-ethyl adjacent to an activating group) is 1. The van der Waals surface area contributed by atoms with Gasteiger partial charge in [-0.1, -0.05) is 18.2 Å². The molecule has 108 valence electrons. The number of carbonyl (C=O) groups excluding carboxylic acids is 1. The third-order valence-electron chi connectivity index (χ3n) is 3.75. The number of carbonyl (C=O) groups is 1. The van der Waals surface area contributed by atoms with Gasteiger partial charge in [-0.05, 0) is 25.0 Å². The summed E-state index contributed by atoms with van der Waals surface area (Å²) in [5, 5.41) is 1.20. The first kappa shape index (κ1) is 14.6. The Morgan fingerprint density at radius 1 is 1.40 bits per heavy atom. The first-order valence-corrected chi connectivity index (χ1v) is 6.93. The Morgan fingerprint density at radius 3 is 2.90 bits per heavy atom. The van der Waals surface area contributed by atoms with Crippen LogP contribution in [0.4, 0.5) is 0 Å². The number of nitrogens with zero attached hydrogens (tertiary/aromatic N) is 1. The molecule has 4 nitrogen and oxygen atoms in total. The number of hydrogen-bond acceptors (Lipinski definition) is 2. The Kier molecular flexibility index (Phi) is 4.79. The van der Waals surface area contributed by atoms with Crippen LogP contribution in [0.15, 0.2) is 30.5 Å². The molecule has 1 aromatic carbocycles. The van der Waals surface area contributed by atoms with Crippen LogP contribution in [-0.2, 0) is 16.0 Å². The summed E-state index contributed by atoms with van der Waals surface area (Å²) in [5.74, 6) is 0.153. The number of nitrogens with one attached hydrogen (secondary N) is 1. The van der Waals surface area contributed by atoms with Gasteiger partial charge in [-0.2, -0.15) is 0 Å². The molecule has 1 heterocycles. The van der Waals surface area contributed by atoms with Crippen LogP contribution in [-0.4, -0.2) is 42.6 Å². The maximum Gasteiger partial charge on any atom is 0.222 e. The maximum atomic E-state index is 12.2. The van der Waals surface area contributed by atoms with E-state index in [2.05, 4.69) is 11.1 Å². The van der Waals surface area contributed by atoms with E-state index in [-0.39, 0.29) is 11.9 Å². The molecular weight excluding hydrogens is 252 g/mol. The van der Waals surface area contributed by atoms with Crippen LogP contribution in [0.25, 0.3) is 10.9 Å². The summed E-state index contributed by atoms with van der Waals surface area (Å²) in [6.45, 7) is 2.56. The number of aromatic amines is 1. The molecule has 0 spiro atoms. The van der Waals surface area contributed by atoms with Gasteiger partial charge < -0.3 is 14.6 Å². The fraction of sp³-hybridized carbons (Fsp3) is 0.438. The molecule has 1 aromatic heterocycles. The monoisotopic (exact) mass is 274 g/mol. The van der Waals surface area contributed by atoms with Gasteiger partial charge in [0.1, 0.15) is 0 Å². The van der Waals surface area contributed by atoms with Crippen LogP contribution in [0.3, 0.4) is 0 Å². The van der Waals surface area contributed by atoms with Crippen molar-refractivity contribution in [3.05, 3.63) is 36.0 Å². The SMILES string of the molecule is COCC(C)N(C)C(=O)CCc1c[nH]c2ccccc12. The zero-order valence-corrected chi connectivity index (χ0v) is 12.3. The van der Waals surface area contributed by atoms with Gasteiger partial charge in [0.05, 0.1) is 12.6 Å². The number of fused-ring (bicyclic) bond motifs is 1. The molecule has 0 bridgehead atoms. The predicted octanol–water partition coefficient (Wildman–Crippen LogP) is 2.59. The summed E-state index contributed by atoms with van der Waals surface area (Å²) in [6.07, 6.45) is 3.27. The fourth-order valence-corrected chi connectivity index (χ4v) is 2.36. The number of para-hydroxylation sites is 1. The van der Waals surface area contributed by atoms with Crippen molar-refractivity contribution in [1.82, 2.24) is 9.88 Å². The first-order valence-electron chi connectivity index (χ1n) is 6.93. The number of hydrogen-bond donors (Lipinski definition) is 1. The first-order chi connectivity index (χ1) is 9.63. The molecule has 1 N–H and O–H groups in total. The smallest absolute Gasteiger partial charge is 0.222 e. The minimum atomic E-state index is 0.107. The highest BCUT2D eigenvalue weighted by Crippen LogP contribution is 2.19. The lowest BCUT2D eigenvalue weighted by Gasteiger charge is -2.24. The number of benzene rings is 1. The molecule has 20 heavy (non-hydrogen) atoms. The van der Waals surface area contributed by atoms with Crippen LogP contribution >= 0.6 is 0 Å². The molecule has 0 saturated heterocycles. The zero-order chi connectivity index (χ0) is 14.5. The molecule has 1 unspecified atom stereocenters. The van der Waals surface area contributed by atoms with Crippen LogP contribution in [0.2, 0.25) is 0 Å². The fourth-order valence-electron chi connectivity index (χ4n) is 2.36. The second-order valence-electron chi connectivity index (χ2n) is 5.17. The van der Waals surface area contributed by atoms with Crippen molar-refractivity contribution in [1.29, 1.82) is 0 Å². The van der Waals surface area contributed by atoms with Gasteiger partial charge in [-0.25, -0.2) is 0 Å². The molecule has 1 amide bonds. The Hall–Kier alpha value is -1.81. The molecule has 0 saturated carbocycles. The van der Waals surface area contributed by atoms with E-state index in [1.807, 2.05) is 38.4 Å². The van der Waals surface area contributed by atoms with Crippen molar-refractivity contribution in [3.8, 4) is 0 Å². The van der Waals surface area contributed by atoms with Crippen molar-refractivity contribution in [2.24, 2.45) is 0 Å². The number of ether oxygens (including phenoxy) is 1. The Morgan fingerprint density at radius 2 is 2.15 bits per heavy atom. The topological polar surface area (TPSA) is 45.3 Å². The number of methoxy groups -OCH3 is 1. The summed E-state index contributed by atoms with van der Waals surface area (Å²) < 4.78 is 5.08. The molecule has 0 aliphatic carbocycles. The van der Waals surface area contributed by atoms with Crippen molar-refractivity contribution >= 4 is 16.8 Å². The summed E-state index contributed by atoms with van der Waals surface area (Å²) in [7, 11) is 3.49. The van der Waals surface area contributed by atoms with Crippen LogP contribution in [0, 0.1) is 0 Å². The molecule has 2 aromatic rings. The average Bonchev–Trinajstić information content (AvgIpc) is 2.87. The third kappa shape index (κ3) is 3.20. The lowest BCUT2D eigenvalue weighted by atomic mass is 10.1. The highest BCUT2D eigenvalue weighted by Gasteiger charge is 2.15. The lowest BCUT2D eigenvalue weighted by molar-refractivity contribution is -0.132. The zero-order valence-electron chi connectivity index (χ0n) is 12.3. The van der Waals surface area contributed by atoms with E-state index in [1.165, 1.54) is 10.9 Å². The molecular formula is C16H22N2O2. The third-order valence-corrected chi connectivity index (χ3v) is 3.75. The van der Waals surface area contributed by atoms with Crippen LogP contribution in [0.5, 0.6) is 0 Å². The summed E-state index contributed by atoms with van der Waals surface area (Å²) in [6, 6.07) is 8.27. The lowest BCUT2D eigenvalue weighted by Crippen LogP contribution is -2.37. The van der Waals surface area contributed by atoms with E-state index < -0.39 is 0 Å². The summed E-state index contributed by atoms with van der Waals surface area (Å²) in [5.41, 5.74) is 2.32. The van der Waals surface area contributed by atoms with Gasteiger partial charge in [0.25, 0.3) is 0 Å². The highest BCUT2D eigenvalue weighted by molar-refractivity contribution is 5.84. The Balaban J connectivity index is 1.96. The quantitative estimate of drug-likeness (QED) is 0.880. The summed E-state index contributed by atoms with van der Waals surface area (Å²) >= 11 is 0. The summed E-state index contributed by atoms with van der Waals surface area (Å²) in [4.78, 5) is 17.2. The molecule has 0 aliphatic rings. The largest absolute Gasteiger partial charge is 0.383 e. The Labute approximate surface area is 119 Å². The van der Waals surface area contributed by atoms with Crippen LogP contribution in [0.1, 0.15) is 18.9 Å². The average molecular weight is 274 g/mol. The minimum Gasteiger partial charge on any atom is -0.383 e. The van der Waals surface area contributed by atoms with E-state index in [0.29, 0.717) is 13.0 Å².